The molecule has 2 aromatic rings. The van der Waals surface area contributed by atoms with Crippen molar-refractivity contribution in [2.24, 2.45) is 0 Å². The average molecular weight is 344 g/mol. The molecule has 0 aromatic heterocycles. The summed E-state index contributed by atoms with van der Waals surface area (Å²) in [5, 5.41) is 2.85. The van der Waals surface area contributed by atoms with E-state index in [4.69, 9.17) is 0 Å². The topological polar surface area (TPSA) is 12.0 Å². The summed E-state index contributed by atoms with van der Waals surface area (Å²) in [5.74, 6) is -1.46. The Kier molecular flexibility index (Phi) is 4.38. The maximum absolute atomic E-state index is 13.9. The molecule has 0 amide bonds. The molecule has 0 aliphatic heterocycles. The highest BCUT2D eigenvalue weighted by atomic mass is 79.9. The molecule has 2 aromatic carbocycles. The minimum atomic E-state index is -0.571. The van der Waals surface area contributed by atoms with Crippen molar-refractivity contribution >= 4 is 21.6 Å². The summed E-state index contributed by atoms with van der Waals surface area (Å²) in [7, 11) is 0. The summed E-state index contributed by atoms with van der Waals surface area (Å²) < 4.78 is 41.6. The summed E-state index contributed by atoms with van der Waals surface area (Å²) in [4.78, 5) is 0. The van der Waals surface area contributed by atoms with Crippen LogP contribution < -0.4 is 5.32 Å². The maximum Gasteiger partial charge on any atom is 0.147 e. The molecule has 0 radical (unpaired) electrons. The zero-order valence-electron chi connectivity index (χ0n) is 11.0. The highest BCUT2D eigenvalue weighted by molar-refractivity contribution is 9.10. The van der Waals surface area contributed by atoms with Crippen LogP contribution in [-0.2, 0) is 0 Å². The fraction of sp³-hybridized carbons (Fsp3) is 0.200. The van der Waals surface area contributed by atoms with Crippen LogP contribution in [0.2, 0.25) is 0 Å². The van der Waals surface area contributed by atoms with Crippen LogP contribution in [-0.4, -0.2) is 0 Å². The summed E-state index contributed by atoms with van der Waals surface area (Å²) >= 11 is 3.22. The molecule has 2 rings (SSSR count). The van der Waals surface area contributed by atoms with Gasteiger partial charge in [0, 0.05) is 10.0 Å². The predicted molar refractivity (Wildman–Crippen MR) is 77.2 cm³/mol. The number of hydrogen-bond donors (Lipinski definition) is 1. The Morgan fingerprint density at radius 2 is 1.75 bits per heavy atom. The zero-order chi connectivity index (χ0) is 14.9. The average Bonchev–Trinajstić information content (AvgIpc) is 2.38. The second kappa shape index (κ2) is 5.87. The lowest BCUT2D eigenvalue weighted by Crippen LogP contribution is -2.11. The summed E-state index contributed by atoms with van der Waals surface area (Å²) in [6.45, 7) is 3.14. The molecule has 0 heterocycles. The lowest BCUT2D eigenvalue weighted by Gasteiger charge is -2.18. The van der Waals surface area contributed by atoms with Gasteiger partial charge in [-0.3, -0.25) is 0 Å². The molecule has 106 valence electrons. The van der Waals surface area contributed by atoms with Gasteiger partial charge in [0.2, 0.25) is 0 Å². The lowest BCUT2D eigenvalue weighted by atomic mass is 10.0. The van der Waals surface area contributed by atoms with Crippen molar-refractivity contribution in [3.8, 4) is 0 Å². The largest absolute Gasteiger partial charge is 0.375 e. The van der Waals surface area contributed by atoms with E-state index in [1.54, 1.807) is 19.1 Å². The van der Waals surface area contributed by atoms with Gasteiger partial charge in [-0.2, -0.15) is 0 Å². The normalized spacial score (nSPS) is 12.3. The van der Waals surface area contributed by atoms with Crippen molar-refractivity contribution in [1.29, 1.82) is 0 Å². The van der Waals surface area contributed by atoms with Gasteiger partial charge in [-0.1, -0.05) is 6.07 Å². The van der Waals surface area contributed by atoms with Gasteiger partial charge in [-0.25, -0.2) is 13.2 Å². The van der Waals surface area contributed by atoms with Gasteiger partial charge >= 0.3 is 0 Å². The van der Waals surface area contributed by atoms with E-state index in [0.717, 1.165) is 12.1 Å². The van der Waals surface area contributed by atoms with Crippen molar-refractivity contribution in [3.05, 3.63) is 63.4 Å². The van der Waals surface area contributed by atoms with E-state index in [9.17, 15) is 13.2 Å². The Bertz CT molecular complexity index is 623. The zero-order valence-corrected chi connectivity index (χ0v) is 12.6. The quantitative estimate of drug-likeness (QED) is 0.792. The van der Waals surface area contributed by atoms with E-state index >= 15 is 0 Å². The molecule has 1 atom stereocenters. The third-order valence-corrected chi connectivity index (χ3v) is 3.73. The number of nitrogens with one attached hydrogen (secondary N) is 1. The number of benzene rings is 2. The third kappa shape index (κ3) is 2.98. The van der Waals surface area contributed by atoms with E-state index in [-0.39, 0.29) is 16.8 Å². The number of hydrogen-bond acceptors (Lipinski definition) is 1. The standard InChI is InChI=1S/C15H13BrF3N/c1-8-6-14(19)10(7-13(8)18)9(2)20-15-11(16)4-3-5-12(15)17/h3-7,9,20H,1-2H3. The van der Waals surface area contributed by atoms with E-state index in [1.165, 1.54) is 13.0 Å². The molecular weight excluding hydrogens is 331 g/mol. The fourth-order valence-electron chi connectivity index (χ4n) is 1.92. The smallest absolute Gasteiger partial charge is 0.147 e. The number of anilines is 1. The fourth-order valence-corrected chi connectivity index (χ4v) is 2.38. The first kappa shape index (κ1) is 14.9. The van der Waals surface area contributed by atoms with E-state index in [2.05, 4.69) is 21.2 Å². The van der Waals surface area contributed by atoms with Crippen LogP contribution in [0.15, 0.2) is 34.8 Å². The van der Waals surface area contributed by atoms with E-state index in [0.29, 0.717) is 4.47 Å². The van der Waals surface area contributed by atoms with Gasteiger partial charge < -0.3 is 5.32 Å². The molecule has 0 saturated heterocycles. The first-order chi connectivity index (χ1) is 9.40. The van der Waals surface area contributed by atoms with Crippen LogP contribution in [0, 0.1) is 24.4 Å². The lowest BCUT2D eigenvalue weighted by molar-refractivity contribution is 0.569. The molecule has 1 unspecified atom stereocenters. The van der Waals surface area contributed by atoms with Crippen molar-refractivity contribution in [2.45, 2.75) is 19.9 Å². The number of aryl methyl sites for hydroxylation is 1. The molecule has 0 aliphatic carbocycles. The van der Waals surface area contributed by atoms with Crippen LogP contribution in [0.3, 0.4) is 0 Å². The Morgan fingerprint density at radius 1 is 1.05 bits per heavy atom. The minimum absolute atomic E-state index is 0.156. The van der Waals surface area contributed by atoms with E-state index < -0.39 is 23.5 Å². The minimum Gasteiger partial charge on any atom is -0.375 e. The van der Waals surface area contributed by atoms with Crippen LogP contribution in [0.5, 0.6) is 0 Å². The van der Waals surface area contributed by atoms with Crippen molar-refractivity contribution < 1.29 is 13.2 Å². The van der Waals surface area contributed by atoms with Gasteiger partial charge in [0.05, 0.1) is 11.7 Å². The Morgan fingerprint density at radius 3 is 2.40 bits per heavy atom. The van der Waals surface area contributed by atoms with Gasteiger partial charge in [0.15, 0.2) is 0 Å². The second-order valence-corrected chi connectivity index (χ2v) is 5.44. The molecule has 0 saturated carbocycles. The molecule has 20 heavy (non-hydrogen) atoms. The van der Waals surface area contributed by atoms with Crippen LogP contribution in [0.25, 0.3) is 0 Å². The molecule has 5 heteroatoms. The van der Waals surface area contributed by atoms with Crippen molar-refractivity contribution in [2.75, 3.05) is 5.32 Å². The number of rotatable bonds is 3. The van der Waals surface area contributed by atoms with Crippen molar-refractivity contribution in [1.82, 2.24) is 0 Å². The number of para-hydroxylation sites is 1. The third-order valence-electron chi connectivity index (χ3n) is 3.07. The summed E-state index contributed by atoms with van der Waals surface area (Å²) in [6, 6.07) is 6.23. The molecule has 1 N–H and O–H groups in total. The second-order valence-electron chi connectivity index (χ2n) is 4.59. The van der Waals surface area contributed by atoms with Crippen molar-refractivity contribution in [3.63, 3.8) is 0 Å². The molecular formula is C15H13BrF3N. The highest BCUT2D eigenvalue weighted by Gasteiger charge is 2.16. The molecule has 0 fully saturated rings. The van der Waals surface area contributed by atoms with Crippen LogP contribution in [0.1, 0.15) is 24.1 Å². The summed E-state index contributed by atoms with van der Waals surface area (Å²) in [5.41, 5.74) is 0.620. The Hall–Kier alpha value is -1.49. The molecule has 0 bridgehead atoms. The first-order valence-electron chi connectivity index (χ1n) is 6.06. The van der Waals surface area contributed by atoms with Crippen LogP contribution in [0.4, 0.5) is 18.9 Å². The number of halogens is 4. The molecule has 0 aliphatic rings. The van der Waals surface area contributed by atoms with Gasteiger partial charge in [0.1, 0.15) is 17.5 Å². The Balaban J connectivity index is 2.33. The predicted octanol–water partition coefficient (Wildman–Crippen LogP) is 5.35. The van der Waals surface area contributed by atoms with Gasteiger partial charge in [-0.05, 0) is 59.6 Å². The highest BCUT2D eigenvalue weighted by Crippen LogP contribution is 2.30. The molecule has 0 spiro atoms. The van der Waals surface area contributed by atoms with Gasteiger partial charge in [-0.15, -0.1) is 0 Å². The van der Waals surface area contributed by atoms with Crippen LogP contribution >= 0.6 is 15.9 Å². The van der Waals surface area contributed by atoms with Gasteiger partial charge in [0.25, 0.3) is 0 Å². The Labute approximate surface area is 123 Å². The SMILES string of the molecule is Cc1cc(F)c(C(C)Nc2c(F)cccc2Br)cc1F. The maximum atomic E-state index is 13.9. The van der Waals surface area contributed by atoms with E-state index in [1.807, 2.05) is 0 Å². The molecule has 1 nitrogen and oxygen atoms in total. The summed E-state index contributed by atoms with van der Waals surface area (Å²) in [6.07, 6.45) is 0. The monoisotopic (exact) mass is 343 g/mol. The first-order valence-corrected chi connectivity index (χ1v) is 6.85.